The Morgan fingerprint density at radius 1 is 1.05 bits per heavy atom. The SMILES string of the molecule is COc1cccc2c1C(=O)c1c(O)c3c(c(O)c1C2=O)C[C@@](O)(C(=O)COC(=O)C(CC(C)C)NC(C)=O)C[C@@H]3OC1CC(NC(=O)C(F)(F)F)C(O)C(C)O1. The third-order valence-electron chi connectivity index (χ3n) is 9.91. The number of fused-ring (bicyclic) bond motifs is 3. The summed E-state index contributed by atoms with van der Waals surface area (Å²) in [5, 5.41) is 50.1. The molecule has 0 bridgehead atoms. The van der Waals surface area contributed by atoms with Crippen molar-refractivity contribution in [3.05, 3.63) is 51.6 Å². The predicted octanol–water partition coefficient (Wildman–Crippen LogP) is 1.82. The summed E-state index contributed by atoms with van der Waals surface area (Å²) in [4.78, 5) is 78.0. The fourth-order valence-electron chi connectivity index (χ4n) is 7.26. The molecule has 19 heteroatoms. The number of Topliss-reactive ketones (excluding diaryl/α,β-unsaturated/α-hetero) is 1. The number of aromatic hydroxyl groups is 2. The molecule has 0 radical (unpaired) electrons. The molecule has 0 saturated carbocycles. The lowest BCUT2D eigenvalue weighted by molar-refractivity contribution is -0.250. The van der Waals surface area contributed by atoms with Gasteiger partial charge in [-0.05, 0) is 25.3 Å². The number of ketones is 3. The number of carbonyl (C=O) groups is 6. The Bertz CT molecular complexity index is 1970. The Kier molecular flexibility index (Phi) is 11.9. The minimum absolute atomic E-state index is 0.0327. The van der Waals surface area contributed by atoms with Crippen molar-refractivity contribution >= 4 is 35.1 Å². The topological polar surface area (TPSA) is 244 Å². The molecule has 3 aliphatic rings. The van der Waals surface area contributed by atoms with Crippen LogP contribution in [0.1, 0.15) is 96.0 Å². The van der Waals surface area contributed by atoms with Crippen LogP contribution < -0.4 is 15.4 Å². The lowest BCUT2D eigenvalue weighted by atomic mass is 9.72. The van der Waals surface area contributed by atoms with Gasteiger partial charge in [-0.3, -0.25) is 24.0 Å². The Morgan fingerprint density at radius 3 is 2.32 bits per heavy atom. The highest BCUT2D eigenvalue weighted by Gasteiger charge is 2.51. The van der Waals surface area contributed by atoms with Crippen LogP contribution in [0, 0.1) is 5.92 Å². The van der Waals surface area contributed by atoms with E-state index in [9.17, 15) is 62.4 Å². The van der Waals surface area contributed by atoms with Gasteiger partial charge in [-0.15, -0.1) is 0 Å². The first-order valence-electron chi connectivity index (χ1n) is 17.5. The molecule has 0 spiro atoms. The van der Waals surface area contributed by atoms with E-state index in [4.69, 9.17) is 18.9 Å². The molecule has 1 aliphatic heterocycles. The first-order valence-corrected chi connectivity index (χ1v) is 17.5. The minimum atomic E-state index is -5.31. The Hall–Kier alpha value is -5.11. The number of hydrogen-bond acceptors (Lipinski definition) is 14. The largest absolute Gasteiger partial charge is 0.507 e. The van der Waals surface area contributed by atoms with Crippen molar-refractivity contribution in [1.82, 2.24) is 10.6 Å². The molecule has 56 heavy (non-hydrogen) atoms. The average molecular weight is 795 g/mol. The van der Waals surface area contributed by atoms with Gasteiger partial charge in [-0.1, -0.05) is 26.0 Å². The van der Waals surface area contributed by atoms with E-state index < -0.39 is 143 Å². The number of hydrogen-bond donors (Lipinski definition) is 6. The minimum Gasteiger partial charge on any atom is -0.507 e. The number of aliphatic hydroxyl groups is 2. The number of ether oxygens (including phenoxy) is 4. The number of carbonyl (C=O) groups excluding carboxylic acids is 6. The molecule has 2 aromatic carbocycles. The van der Waals surface area contributed by atoms with Gasteiger partial charge in [0, 0.05) is 42.9 Å². The predicted molar refractivity (Wildman–Crippen MR) is 183 cm³/mol. The number of aliphatic hydroxyl groups excluding tert-OH is 1. The summed E-state index contributed by atoms with van der Waals surface area (Å²) in [7, 11) is 1.24. The standard InChI is InChI=1S/C37H41F3N2O14/c1-14(2)9-20(41-16(4)43)34(50)54-13-23(44)36(52)11-18-26(22(12-36)56-24-10-19(29(45)15(3)55-24)42-35(51)37(38,39)40)33(49)28-27(31(18)47)30(46)17-7-6-8-21(53-5)25(17)32(28)48/h6-8,14-15,19-20,22,24,29,45,47,49,52H,9-13H2,1-5H3,(H,41,43)(H,42,51)/t15?,19?,20?,22-,24?,29?,36-/m0/s1. The van der Waals surface area contributed by atoms with Gasteiger partial charge in [0.15, 0.2) is 18.7 Å². The van der Waals surface area contributed by atoms with Crippen molar-refractivity contribution < 1.29 is 81.3 Å². The number of halogens is 3. The number of phenols is 2. The lowest BCUT2D eigenvalue weighted by Crippen LogP contribution is -2.57. The lowest BCUT2D eigenvalue weighted by Gasteiger charge is -2.43. The van der Waals surface area contributed by atoms with Crippen LogP contribution in [0.5, 0.6) is 17.2 Å². The Morgan fingerprint density at radius 2 is 1.71 bits per heavy atom. The first kappa shape index (κ1) is 42.0. The number of nitrogens with one attached hydrogen (secondary N) is 2. The van der Waals surface area contributed by atoms with E-state index in [-0.39, 0.29) is 29.2 Å². The van der Waals surface area contributed by atoms with Gasteiger partial charge in [0.25, 0.3) is 0 Å². The van der Waals surface area contributed by atoms with Gasteiger partial charge in [0.1, 0.15) is 35.0 Å². The molecular formula is C37H41F3N2O14. The second-order valence-electron chi connectivity index (χ2n) is 14.4. The molecule has 0 aromatic heterocycles. The monoisotopic (exact) mass is 794 g/mol. The van der Waals surface area contributed by atoms with Crippen LogP contribution in [0.4, 0.5) is 13.2 Å². The van der Waals surface area contributed by atoms with E-state index in [1.54, 1.807) is 19.2 Å². The molecule has 2 aliphatic carbocycles. The van der Waals surface area contributed by atoms with Crippen LogP contribution >= 0.6 is 0 Å². The van der Waals surface area contributed by atoms with E-state index in [1.807, 2.05) is 0 Å². The highest BCUT2D eigenvalue weighted by atomic mass is 19.4. The third-order valence-corrected chi connectivity index (χ3v) is 9.91. The van der Waals surface area contributed by atoms with E-state index >= 15 is 0 Å². The van der Waals surface area contributed by atoms with Gasteiger partial charge in [-0.25, -0.2) is 4.79 Å². The second kappa shape index (κ2) is 15.8. The normalized spacial score (nSPS) is 25.0. The first-order chi connectivity index (χ1) is 26.1. The molecule has 2 aromatic rings. The zero-order valence-electron chi connectivity index (χ0n) is 30.8. The van der Waals surface area contributed by atoms with E-state index in [1.165, 1.54) is 39.2 Å². The summed E-state index contributed by atoms with van der Waals surface area (Å²) < 4.78 is 61.6. The summed E-state index contributed by atoms with van der Waals surface area (Å²) in [6, 6.07) is 1.34. The molecular weight excluding hydrogens is 753 g/mol. The molecule has 5 unspecified atom stereocenters. The fraction of sp³-hybridized carbons (Fsp3) is 0.514. The smallest absolute Gasteiger partial charge is 0.471 e. The van der Waals surface area contributed by atoms with Gasteiger partial charge in [-0.2, -0.15) is 13.2 Å². The van der Waals surface area contributed by atoms with E-state index in [0.717, 1.165) is 0 Å². The molecule has 304 valence electrons. The van der Waals surface area contributed by atoms with Crippen LogP contribution in [-0.4, -0.2) is 112 Å². The molecule has 1 heterocycles. The molecule has 1 fully saturated rings. The van der Waals surface area contributed by atoms with E-state index in [0.29, 0.717) is 0 Å². The van der Waals surface area contributed by atoms with Crippen molar-refractivity contribution in [2.24, 2.45) is 5.92 Å². The third kappa shape index (κ3) is 8.07. The number of alkyl halides is 3. The van der Waals surface area contributed by atoms with Crippen LogP contribution in [0.3, 0.4) is 0 Å². The van der Waals surface area contributed by atoms with Crippen molar-refractivity contribution in [1.29, 1.82) is 0 Å². The quantitative estimate of drug-likeness (QED) is 0.120. The molecule has 5 rings (SSSR count). The maximum atomic E-state index is 14.0. The molecule has 16 nitrogen and oxygen atoms in total. The summed E-state index contributed by atoms with van der Waals surface area (Å²) in [6.07, 6.45) is -13.7. The van der Waals surface area contributed by atoms with Crippen LogP contribution in [0.15, 0.2) is 18.2 Å². The summed E-state index contributed by atoms with van der Waals surface area (Å²) >= 11 is 0. The number of rotatable bonds is 11. The van der Waals surface area contributed by atoms with Crippen LogP contribution in [0.2, 0.25) is 0 Å². The zero-order chi connectivity index (χ0) is 41.6. The number of esters is 1. The van der Waals surface area contributed by atoms with Crippen LogP contribution in [0.25, 0.3) is 0 Å². The molecule has 7 atom stereocenters. The van der Waals surface area contributed by atoms with Crippen LogP contribution in [-0.2, 0) is 39.8 Å². The number of benzene rings is 2. The highest BCUT2D eigenvalue weighted by Crippen LogP contribution is 2.52. The van der Waals surface area contributed by atoms with Crippen molar-refractivity contribution in [3.63, 3.8) is 0 Å². The summed E-state index contributed by atoms with van der Waals surface area (Å²) in [5.74, 6) is -8.89. The maximum Gasteiger partial charge on any atom is 0.471 e. The van der Waals surface area contributed by atoms with Crippen molar-refractivity contribution in [2.45, 2.75) is 102 Å². The second-order valence-corrected chi connectivity index (χ2v) is 14.4. The molecule has 6 N–H and O–H groups in total. The van der Waals surface area contributed by atoms with Gasteiger partial charge in [0.05, 0.1) is 42.0 Å². The summed E-state index contributed by atoms with van der Waals surface area (Å²) in [6.45, 7) is 4.91. The molecule has 2 amide bonds. The Balaban J connectivity index is 1.56. The van der Waals surface area contributed by atoms with E-state index in [2.05, 4.69) is 5.32 Å². The van der Waals surface area contributed by atoms with Gasteiger partial charge < -0.3 is 50.0 Å². The highest BCUT2D eigenvalue weighted by molar-refractivity contribution is 6.31. The van der Waals surface area contributed by atoms with Gasteiger partial charge in [0.2, 0.25) is 17.5 Å². The Labute approximate surface area is 317 Å². The summed E-state index contributed by atoms with van der Waals surface area (Å²) in [5.41, 5.74) is -5.19. The fourth-order valence-corrected chi connectivity index (χ4v) is 7.26. The molecule has 1 saturated heterocycles. The number of phenolic OH excluding ortho intramolecular Hbond substituents is 2. The average Bonchev–Trinajstić information content (AvgIpc) is 3.11. The number of amides is 2. The maximum absolute atomic E-state index is 14.0. The van der Waals surface area contributed by atoms with Crippen molar-refractivity contribution in [2.75, 3.05) is 13.7 Å². The zero-order valence-corrected chi connectivity index (χ0v) is 30.8. The van der Waals surface area contributed by atoms with Gasteiger partial charge >= 0.3 is 18.1 Å². The van der Waals surface area contributed by atoms with Crippen molar-refractivity contribution in [3.8, 4) is 17.2 Å². The number of methoxy groups -OCH3 is 1.